The Morgan fingerprint density at radius 3 is 2.46 bits per heavy atom. The summed E-state index contributed by atoms with van der Waals surface area (Å²) >= 11 is 4.85. The number of nitrogens with zero attached hydrogens (tertiary/aromatic N) is 1. The van der Waals surface area contributed by atoms with Gasteiger partial charge in [0.15, 0.2) is 0 Å². The van der Waals surface area contributed by atoms with Crippen molar-refractivity contribution in [1.29, 1.82) is 0 Å². The second-order valence-electron chi connectivity index (χ2n) is 2.72. The highest BCUT2D eigenvalue weighted by Crippen LogP contribution is 2.16. The molecular weight excluding hydrogens is 258 g/mol. The first-order valence-electron chi connectivity index (χ1n) is 3.96. The molecule has 0 bridgehead atoms. The summed E-state index contributed by atoms with van der Waals surface area (Å²) < 4.78 is 5.71. The molecule has 0 saturated heterocycles. The average molecular weight is 264 g/mol. The van der Waals surface area contributed by atoms with Crippen molar-refractivity contribution in [2.24, 2.45) is 0 Å². The minimum absolute atomic E-state index is 0.197. The van der Waals surface area contributed by atoms with E-state index in [0.717, 1.165) is 5.69 Å². The summed E-state index contributed by atoms with van der Waals surface area (Å²) in [4.78, 5) is 0. The van der Waals surface area contributed by atoms with Crippen LogP contribution in [0.3, 0.4) is 0 Å². The van der Waals surface area contributed by atoms with Gasteiger partial charge in [0.2, 0.25) is 0 Å². The van der Waals surface area contributed by atoms with Crippen LogP contribution in [0.1, 0.15) is 0 Å². The zero-order chi connectivity index (χ0) is 9.10. The van der Waals surface area contributed by atoms with Crippen molar-refractivity contribution >= 4 is 46.3 Å². The molecule has 1 heterocycles. The molecule has 62 valence electrons. The Balaban J connectivity index is 2.33. The number of hydrogen-bond acceptors (Lipinski definition) is 2. The van der Waals surface area contributed by atoms with Gasteiger partial charge < -0.3 is 0 Å². The maximum Gasteiger partial charge on any atom is 0.506 e. The Labute approximate surface area is 96.9 Å². The molecule has 2 aromatic rings. The quantitative estimate of drug-likeness (QED) is 0.759. The fourth-order valence-electron chi connectivity index (χ4n) is 1.13. The van der Waals surface area contributed by atoms with Crippen molar-refractivity contribution < 1.29 is 0 Å². The van der Waals surface area contributed by atoms with E-state index in [0.29, 0.717) is 0 Å². The lowest BCUT2D eigenvalue weighted by molar-refractivity contribution is 1.53. The van der Waals surface area contributed by atoms with Gasteiger partial charge in [0.05, 0.1) is 5.69 Å². The highest BCUT2D eigenvalue weighted by Gasteiger charge is 1.99. The third kappa shape index (κ3) is 2.31. The van der Waals surface area contributed by atoms with Crippen LogP contribution >= 0.6 is 24.4 Å². The van der Waals surface area contributed by atoms with Gasteiger partial charge in [-0.1, -0.05) is 24.3 Å². The summed E-state index contributed by atoms with van der Waals surface area (Å²) in [5, 5.41) is 2.00. The monoisotopic (exact) mass is 263 g/mol. The summed E-state index contributed by atoms with van der Waals surface area (Å²) in [5.41, 5.74) is 2.28. The van der Waals surface area contributed by atoms with Gasteiger partial charge in [-0.3, -0.25) is 12.9 Å². The van der Waals surface area contributed by atoms with Crippen LogP contribution in [0.4, 0.5) is 0 Å². The predicted molar refractivity (Wildman–Crippen MR) is 61.9 cm³/mol. The summed E-state index contributed by atoms with van der Waals surface area (Å²) in [6.07, 6.45) is 0. The molecular formula is C9H6BrMgNS. The van der Waals surface area contributed by atoms with E-state index in [2.05, 4.69) is 41.5 Å². The van der Waals surface area contributed by atoms with Gasteiger partial charge in [0.1, 0.15) is 0 Å². The van der Waals surface area contributed by atoms with Crippen LogP contribution in [0.25, 0.3) is 11.3 Å². The maximum atomic E-state index is 4.28. The zero-order valence-electron chi connectivity index (χ0n) is 6.90. The van der Waals surface area contributed by atoms with Gasteiger partial charge in [-0.25, -0.2) is 0 Å². The van der Waals surface area contributed by atoms with E-state index in [1.165, 1.54) is 20.8 Å². The molecule has 1 aromatic carbocycles. The first-order valence-corrected chi connectivity index (χ1v) is 9.40. The van der Waals surface area contributed by atoms with E-state index in [-0.39, 0.29) is 18.2 Å². The third-order valence-electron chi connectivity index (χ3n) is 1.84. The molecule has 0 fully saturated rings. The van der Waals surface area contributed by atoms with E-state index in [1.54, 1.807) is 0 Å². The van der Waals surface area contributed by atoms with Crippen LogP contribution in [0, 0.1) is 0 Å². The van der Waals surface area contributed by atoms with Crippen molar-refractivity contribution in [3.8, 4) is 11.3 Å². The zero-order valence-corrected chi connectivity index (χ0v) is 10.7. The maximum absolute atomic E-state index is 4.28. The number of benzene rings is 1. The SMILES string of the molecule is [Br][Mg][c]1ccc(-c2ccsn2)cc1. The van der Waals surface area contributed by atoms with Gasteiger partial charge in [-0.05, 0) is 17.6 Å². The number of halogens is 1. The Morgan fingerprint density at radius 2 is 1.92 bits per heavy atom. The molecule has 0 spiro atoms. The van der Waals surface area contributed by atoms with E-state index in [4.69, 9.17) is 0 Å². The molecule has 0 unspecified atom stereocenters. The van der Waals surface area contributed by atoms with Gasteiger partial charge in [0, 0.05) is 10.9 Å². The molecule has 1 nitrogen and oxygen atoms in total. The number of hydrogen-bond donors (Lipinski definition) is 0. The molecule has 2 rings (SSSR count). The van der Waals surface area contributed by atoms with Crippen molar-refractivity contribution in [2.75, 3.05) is 0 Å². The normalized spacial score (nSPS) is 9.62. The summed E-state index contributed by atoms with van der Waals surface area (Å²) in [6, 6.07) is 10.7. The Morgan fingerprint density at radius 1 is 1.15 bits per heavy atom. The smallest absolute Gasteiger partial charge is 0.296 e. The molecule has 1 aromatic heterocycles. The lowest BCUT2D eigenvalue weighted by atomic mass is 10.2. The number of aromatic nitrogens is 1. The van der Waals surface area contributed by atoms with Crippen molar-refractivity contribution in [2.45, 2.75) is 0 Å². The standard InChI is InChI=1S/C9H6NS.BrH.Mg/c1-2-4-8(5-3-1)9-6-7-11-10-9;;/h2-7H;1H;/q;;+1/p-1. The van der Waals surface area contributed by atoms with Crippen LogP contribution in [0.5, 0.6) is 0 Å². The van der Waals surface area contributed by atoms with Gasteiger partial charge in [-0.2, -0.15) is 8.07 Å². The predicted octanol–water partition coefficient (Wildman–Crippen LogP) is 2.45. The molecule has 0 aliphatic rings. The van der Waals surface area contributed by atoms with Crippen LogP contribution in [0.2, 0.25) is 0 Å². The summed E-state index contributed by atoms with van der Waals surface area (Å²) in [7, 11) is 0. The minimum Gasteiger partial charge on any atom is -0.296 e. The highest BCUT2D eigenvalue weighted by atomic mass is 79.9. The minimum atomic E-state index is -0.197. The molecule has 13 heavy (non-hydrogen) atoms. The average Bonchev–Trinajstić information content (AvgIpc) is 2.71. The number of rotatable bonds is 2. The molecule has 0 aliphatic heterocycles. The van der Waals surface area contributed by atoms with Gasteiger partial charge in [-0.15, -0.1) is 0 Å². The fourth-order valence-corrected chi connectivity index (χ4v) is 3.19. The van der Waals surface area contributed by atoms with Crippen LogP contribution in [0.15, 0.2) is 35.7 Å². The fraction of sp³-hybridized carbons (Fsp3) is 0. The second-order valence-corrected chi connectivity index (χ2v) is 6.15. The van der Waals surface area contributed by atoms with Crippen LogP contribution < -0.4 is 3.69 Å². The van der Waals surface area contributed by atoms with Crippen LogP contribution in [-0.4, -0.2) is 22.6 Å². The Kier molecular flexibility index (Phi) is 3.37. The van der Waals surface area contributed by atoms with Crippen LogP contribution in [-0.2, 0) is 0 Å². The summed E-state index contributed by atoms with van der Waals surface area (Å²) in [6.45, 7) is 0. The second kappa shape index (κ2) is 4.55. The van der Waals surface area contributed by atoms with Crippen molar-refractivity contribution in [3.05, 3.63) is 35.7 Å². The molecule has 0 N–H and O–H groups in total. The lowest BCUT2D eigenvalue weighted by Gasteiger charge is -1.97. The van der Waals surface area contributed by atoms with E-state index in [1.807, 2.05) is 11.4 Å². The molecule has 0 amide bonds. The van der Waals surface area contributed by atoms with E-state index < -0.39 is 0 Å². The largest absolute Gasteiger partial charge is 0.506 e. The van der Waals surface area contributed by atoms with Crippen molar-refractivity contribution in [1.82, 2.24) is 4.37 Å². The third-order valence-corrected chi connectivity index (χ3v) is 5.12. The topological polar surface area (TPSA) is 12.9 Å². The summed E-state index contributed by atoms with van der Waals surface area (Å²) in [5.74, 6) is 0. The first-order chi connectivity index (χ1) is 6.40. The van der Waals surface area contributed by atoms with Gasteiger partial charge >= 0.3 is 18.2 Å². The molecule has 4 heteroatoms. The van der Waals surface area contributed by atoms with E-state index >= 15 is 0 Å². The van der Waals surface area contributed by atoms with Gasteiger partial charge in [0.25, 0.3) is 0 Å². The van der Waals surface area contributed by atoms with E-state index in [9.17, 15) is 0 Å². The Hall–Kier alpha value is 0.0962. The van der Waals surface area contributed by atoms with Crippen molar-refractivity contribution in [3.63, 3.8) is 0 Å². The molecule has 0 radical (unpaired) electrons. The molecule has 0 aliphatic carbocycles. The Bertz CT molecular complexity index is 371. The molecule has 0 saturated carbocycles. The highest BCUT2D eigenvalue weighted by molar-refractivity contribution is 9.23. The first kappa shape index (κ1) is 9.64. The molecule has 0 atom stereocenters. The lowest BCUT2D eigenvalue weighted by Crippen LogP contribution is -2.06.